The summed E-state index contributed by atoms with van der Waals surface area (Å²) in [6.07, 6.45) is 6.26. The number of alkyl halides is 2. The Kier molecular flexibility index (Phi) is 6.56. The largest absolute Gasteiger partial charge is 0.497 e. The number of carbonyl (C=O) groups is 1. The van der Waals surface area contributed by atoms with Gasteiger partial charge in [-0.3, -0.25) is 9.69 Å². The van der Waals surface area contributed by atoms with E-state index in [4.69, 9.17) is 4.74 Å². The Balaban J connectivity index is 1.63. The van der Waals surface area contributed by atoms with E-state index in [2.05, 4.69) is 9.73 Å². The number of ether oxygens (including phenoxy) is 2. The normalized spacial score (nSPS) is 18.2. The summed E-state index contributed by atoms with van der Waals surface area (Å²) in [6.45, 7) is -2.90. The maximum absolute atomic E-state index is 13.2. The molecule has 162 valence electrons. The van der Waals surface area contributed by atoms with E-state index in [0.717, 1.165) is 24.2 Å². The highest BCUT2D eigenvalue weighted by atomic mass is 32.2. The predicted octanol–water partition coefficient (Wildman–Crippen LogP) is 5.72. The number of carbonyl (C=O) groups excluding carboxylic acids is 1. The number of nitrogens with zero attached hydrogens (tertiary/aromatic N) is 2. The van der Waals surface area contributed by atoms with Gasteiger partial charge >= 0.3 is 6.61 Å². The van der Waals surface area contributed by atoms with E-state index < -0.39 is 6.61 Å². The summed E-state index contributed by atoms with van der Waals surface area (Å²) in [5.74, 6) is 0.522. The Bertz CT molecular complexity index is 985. The molecule has 2 aromatic rings. The first-order valence-electron chi connectivity index (χ1n) is 10.0. The highest BCUT2D eigenvalue weighted by Crippen LogP contribution is 2.37. The second-order valence-electron chi connectivity index (χ2n) is 7.23. The number of methoxy groups -OCH3 is 1. The average molecular weight is 445 g/mol. The molecular formula is C23H22F2N2O3S. The van der Waals surface area contributed by atoms with E-state index in [0.29, 0.717) is 21.8 Å². The van der Waals surface area contributed by atoms with Crippen LogP contribution in [0.4, 0.5) is 14.5 Å². The molecule has 5 nitrogen and oxygen atoms in total. The summed E-state index contributed by atoms with van der Waals surface area (Å²) in [4.78, 5) is 19.4. The zero-order valence-corrected chi connectivity index (χ0v) is 17.8. The highest BCUT2D eigenvalue weighted by Gasteiger charge is 2.34. The third-order valence-electron chi connectivity index (χ3n) is 5.14. The van der Waals surface area contributed by atoms with Crippen LogP contribution in [-0.2, 0) is 4.79 Å². The monoisotopic (exact) mass is 444 g/mol. The van der Waals surface area contributed by atoms with Crippen molar-refractivity contribution in [2.75, 3.05) is 12.0 Å². The van der Waals surface area contributed by atoms with Crippen molar-refractivity contribution in [2.24, 2.45) is 4.99 Å². The van der Waals surface area contributed by atoms with E-state index in [1.54, 1.807) is 42.0 Å². The minimum absolute atomic E-state index is 0.0429. The highest BCUT2D eigenvalue weighted by molar-refractivity contribution is 8.14. The molecule has 2 aromatic carbocycles. The van der Waals surface area contributed by atoms with Gasteiger partial charge < -0.3 is 9.47 Å². The Hall–Kier alpha value is -2.87. The number of rotatable bonds is 6. The molecule has 0 spiro atoms. The maximum atomic E-state index is 13.2. The molecule has 0 saturated heterocycles. The summed E-state index contributed by atoms with van der Waals surface area (Å²) >= 11 is 1.60. The number of amidine groups is 1. The van der Waals surface area contributed by atoms with Crippen LogP contribution in [0.15, 0.2) is 59.2 Å². The van der Waals surface area contributed by atoms with Gasteiger partial charge in [0.15, 0.2) is 5.17 Å². The molecule has 0 aromatic heterocycles. The second kappa shape index (κ2) is 9.51. The Morgan fingerprint density at radius 3 is 2.32 bits per heavy atom. The fraction of sp³-hybridized carbons (Fsp3) is 0.304. The fourth-order valence-electron chi connectivity index (χ4n) is 3.59. The quantitative estimate of drug-likeness (QED) is 0.535. The van der Waals surface area contributed by atoms with Gasteiger partial charge in [0.05, 0.1) is 12.8 Å². The van der Waals surface area contributed by atoms with Crippen LogP contribution in [0.25, 0.3) is 6.08 Å². The molecule has 1 heterocycles. The number of halogens is 2. The molecule has 2 aliphatic rings. The summed E-state index contributed by atoms with van der Waals surface area (Å²) in [6, 6.07) is 13.4. The number of anilines is 1. The molecule has 0 radical (unpaired) electrons. The third kappa shape index (κ3) is 5.07. The van der Waals surface area contributed by atoms with Crippen molar-refractivity contribution in [3.8, 4) is 11.5 Å². The lowest BCUT2D eigenvalue weighted by Crippen LogP contribution is -2.31. The number of hydrogen-bond donors (Lipinski definition) is 0. The summed E-state index contributed by atoms with van der Waals surface area (Å²) < 4.78 is 34.5. The molecule has 31 heavy (non-hydrogen) atoms. The molecule has 1 aliphatic carbocycles. The van der Waals surface area contributed by atoms with Gasteiger partial charge in [0, 0.05) is 5.25 Å². The van der Waals surface area contributed by atoms with Gasteiger partial charge in [-0.25, -0.2) is 4.99 Å². The van der Waals surface area contributed by atoms with E-state index in [-0.39, 0.29) is 11.7 Å². The molecule has 1 aliphatic heterocycles. The molecule has 1 amide bonds. The zero-order chi connectivity index (χ0) is 21.8. The Morgan fingerprint density at radius 2 is 1.71 bits per heavy atom. The molecule has 1 fully saturated rings. The van der Waals surface area contributed by atoms with E-state index in [1.165, 1.54) is 25.0 Å². The van der Waals surface area contributed by atoms with E-state index in [9.17, 15) is 13.6 Å². The van der Waals surface area contributed by atoms with Gasteiger partial charge in [-0.2, -0.15) is 8.78 Å². The van der Waals surface area contributed by atoms with Gasteiger partial charge in [0.1, 0.15) is 17.2 Å². The molecule has 0 bridgehead atoms. The number of benzene rings is 2. The van der Waals surface area contributed by atoms with Crippen LogP contribution >= 0.6 is 11.8 Å². The van der Waals surface area contributed by atoms with E-state index in [1.807, 2.05) is 24.3 Å². The number of thioether (sulfide) groups is 1. The predicted molar refractivity (Wildman–Crippen MR) is 119 cm³/mol. The first-order chi connectivity index (χ1) is 15.0. The van der Waals surface area contributed by atoms with E-state index >= 15 is 0 Å². The van der Waals surface area contributed by atoms with Gasteiger partial charge in [0.2, 0.25) is 0 Å². The van der Waals surface area contributed by atoms with Gasteiger partial charge in [-0.15, -0.1) is 0 Å². The minimum atomic E-state index is -2.90. The summed E-state index contributed by atoms with van der Waals surface area (Å²) in [5, 5.41) is 1.02. The molecule has 0 unspecified atom stereocenters. The molecule has 0 N–H and O–H groups in total. The maximum Gasteiger partial charge on any atom is 0.387 e. The lowest BCUT2D eigenvalue weighted by atomic mass is 10.2. The molecule has 0 atom stereocenters. The zero-order valence-electron chi connectivity index (χ0n) is 17.0. The Labute approximate surface area is 183 Å². The molecular weight excluding hydrogens is 422 g/mol. The van der Waals surface area contributed by atoms with Crippen molar-refractivity contribution in [1.82, 2.24) is 0 Å². The minimum Gasteiger partial charge on any atom is -0.497 e. The first-order valence-corrected chi connectivity index (χ1v) is 10.9. The van der Waals surface area contributed by atoms with Crippen LogP contribution in [-0.4, -0.2) is 30.0 Å². The van der Waals surface area contributed by atoms with Crippen LogP contribution < -0.4 is 14.4 Å². The fourth-order valence-corrected chi connectivity index (χ4v) is 4.90. The van der Waals surface area contributed by atoms with Crippen LogP contribution in [0, 0.1) is 0 Å². The molecule has 1 saturated carbocycles. The van der Waals surface area contributed by atoms with Crippen molar-refractivity contribution in [3.05, 3.63) is 59.8 Å². The van der Waals surface area contributed by atoms with Crippen LogP contribution in [0.2, 0.25) is 0 Å². The topological polar surface area (TPSA) is 51.1 Å². The third-order valence-corrected chi connectivity index (χ3v) is 6.43. The average Bonchev–Trinajstić information content (AvgIpc) is 3.37. The van der Waals surface area contributed by atoms with Crippen LogP contribution in [0.3, 0.4) is 0 Å². The van der Waals surface area contributed by atoms with Crippen molar-refractivity contribution < 1.29 is 23.0 Å². The number of hydrogen-bond acceptors (Lipinski definition) is 5. The van der Waals surface area contributed by atoms with Crippen molar-refractivity contribution in [3.63, 3.8) is 0 Å². The van der Waals surface area contributed by atoms with Crippen molar-refractivity contribution in [2.45, 2.75) is 37.5 Å². The van der Waals surface area contributed by atoms with Crippen molar-refractivity contribution >= 4 is 34.6 Å². The lowest BCUT2D eigenvalue weighted by Gasteiger charge is -2.20. The summed E-state index contributed by atoms with van der Waals surface area (Å²) in [7, 11) is 1.60. The Morgan fingerprint density at radius 1 is 1.06 bits per heavy atom. The smallest absolute Gasteiger partial charge is 0.387 e. The standard InChI is InChI=1S/C23H22F2N2O3S/c1-29-17-10-6-15(7-11-17)14-20-21(28)27(23(26-20)31-19-4-2-3-5-19)16-8-12-18(13-9-16)30-22(24)25/h6-14,19,22H,2-5H2,1H3. The number of amides is 1. The van der Waals surface area contributed by atoms with Crippen LogP contribution in [0.1, 0.15) is 31.2 Å². The summed E-state index contributed by atoms with van der Waals surface area (Å²) in [5.41, 5.74) is 1.73. The lowest BCUT2D eigenvalue weighted by molar-refractivity contribution is -0.113. The van der Waals surface area contributed by atoms with Gasteiger partial charge in [0.25, 0.3) is 5.91 Å². The SMILES string of the molecule is COc1ccc(C=C2N=C(SC3CCCC3)N(c3ccc(OC(F)F)cc3)C2=O)cc1. The molecule has 8 heteroatoms. The van der Waals surface area contributed by atoms with Gasteiger partial charge in [-0.1, -0.05) is 36.7 Å². The van der Waals surface area contributed by atoms with Crippen LogP contribution in [0.5, 0.6) is 11.5 Å². The van der Waals surface area contributed by atoms with Crippen molar-refractivity contribution in [1.29, 1.82) is 0 Å². The van der Waals surface area contributed by atoms with Gasteiger partial charge in [-0.05, 0) is 60.9 Å². The second-order valence-corrected chi connectivity index (χ2v) is 8.50. The first kappa shape index (κ1) is 21.4. The molecule has 4 rings (SSSR count). The number of aliphatic imine (C=N–C) groups is 1.